The van der Waals surface area contributed by atoms with Crippen LogP contribution in [-0.2, 0) is 4.79 Å². The highest BCUT2D eigenvalue weighted by Crippen LogP contribution is 2.19. The molecule has 1 unspecified atom stereocenters. The van der Waals surface area contributed by atoms with Crippen molar-refractivity contribution in [3.05, 3.63) is 0 Å². The normalized spacial score (nSPS) is 19.1. The smallest absolute Gasteiger partial charge is 0.314 e. The first-order valence-electron chi connectivity index (χ1n) is 7.16. The van der Waals surface area contributed by atoms with Gasteiger partial charge in [0.2, 0.25) is 0 Å². The van der Waals surface area contributed by atoms with E-state index in [9.17, 15) is 9.59 Å². The van der Waals surface area contributed by atoms with Crippen molar-refractivity contribution in [3.8, 4) is 0 Å². The molecule has 1 rings (SSSR count). The number of nitrogens with zero attached hydrogens (tertiary/aromatic N) is 1. The van der Waals surface area contributed by atoms with Crippen LogP contribution in [0.1, 0.15) is 20.3 Å². The number of rotatable bonds is 7. The van der Waals surface area contributed by atoms with Crippen molar-refractivity contribution >= 4 is 12.0 Å². The van der Waals surface area contributed by atoms with Crippen molar-refractivity contribution in [2.45, 2.75) is 20.3 Å². The molecule has 0 aromatic rings. The minimum Gasteiger partial charge on any atom is -0.481 e. The average molecular weight is 286 g/mol. The molecule has 116 valence electrons. The molecule has 7 heteroatoms. The van der Waals surface area contributed by atoms with Crippen LogP contribution in [0.4, 0.5) is 4.79 Å². The van der Waals surface area contributed by atoms with Gasteiger partial charge >= 0.3 is 12.0 Å². The minimum atomic E-state index is -0.907. The summed E-state index contributed by atoms with van der Waals surface area (Å²) in [6.45, 7) is 8.93. The molecule has 0 aromatic carbocycles. The lowest BCUT2D eigenvalue weighted by Gasteiger charge is -2.27. The standard InChI is InChI=1S/C13H26N4O3/c1-3-13(2,11(18)19)10-16-12(20)15-6-9-17-7-4-14-5-8-17/h14H,3-10H2,1-2H3,(H,18,19)(H2,15,16,20). The number of carboxylic acids is 1. The van der Waals surface area contributed by atoms with Crippen LogP contribution in [0.15, 0.2) is 0 Å². The summed E-state index contributed by atoms with van der Waals surface area (Å²) >= 11 is 0. The van der Waals surface area contributed by atoms with Crippen molar-refractivity contribution in [2.75, 3.05) is 45.8 Å². The molecule has 1 heterocycles. The second-order valence-corrected chi connectivity index (χ2v) is 5.42. The lowest BCUT2D eigenvalue weighted by atomic mass is 9.88. The first-order chi connectivity index (χ1) is 9.48. The largest absolute Gasteiger partial charge is 0.481 e. The van der Waals surface area contributed by atoms with Crippen LogP contribution >= 0.6 is 0 Å². The molecule has 1 aliphatic heterocycles. The summed E-state index contributed by atoms with van der Waals surface area (Å²) < 4.78 is 0. The van der Waals surface area contributed by atoms with Gasteiger partial charge in [-0.1, -0.05) is 6.92 Å². The van der Waals surface area contributed by atoms with Gasteiger partial charge in [-0.05, 0) is 13.3 Å². The number of carbonyl (C=O) groups excluding carboxylic acids is 1. The highest BCUT2D eigenvalue weighted by molar-refractivity contribution is 5.77. The number of hydrogen-bond acceptors (Lipinski definition) is 4. The Labute approximate surface area is 120 Å². The highest BCUT2D eigenvalue weighted by Gasteiger charge is 2.31. The maximum absolute atomic E-state index is 11.6. The van der Waals surface area contributed by atoms with Gasteiger partial charge in [-0.25, -0.2) is 4.79 Å². The number of piperazine rings is 1. The summed E-state index contributed by atoms with van der Waals surface area (Å²) in [7, 11) is 0. The number of aliphatic carboxylic acids is 1. The van der Waals surface area contributed by atoms with Gasteiger partial charge in [-0.15, -0.1) is 0 Å². The van der Waals surface area contributed by atoms with Crippen molar-refractivity contribution < 1.29 is 14.7 Å². The third kappa shape index (κ3) is 5.34. The Hall–Kier alpha value is -1.34. The van der Waals surface area contributed by atoms with Crippen LogP contribution in [0.25, 0.3) is 0 Å². The van der Waals surface area contributed by atoms with E-state index in [1.807, 2.05) is 0 Å². The van der Waals surface area contributed by atoms with Gasteiger partial charge in [0.1, 0.15) is 0 Å². The fourth-order valence-corrected chi connectivity index (χ4v) is 1.95. The van der Waals surface area contributed by atoms with E-state index in [4.69, 9.17) is 5.11 Å². The first kappa shape index (κ1) is 16.7. The number of carboxylic acid groups (broad SMARTS) is 1. The molecule has 1 fully saturated rings. The van der Waals surface area contributed by atoms with Gasteiger partial charge in [-0.3, -0.25) is 9.69 Å². The van der Waals surface area contributed by atoms with Gasteiger partial charge in [0.05, 0.1) is 5.41 Å². The van der Waals surface area contributed by atoms with Crippen LogP contribution in [-0.4, -0.2) is 67.8 Å². The number of amides is 2. The quantitative estimate of drug-likeness (QED) is 0.515. The maximum atomic E-state index is 11.6. The second-order valence-electron chi connectivity index (χ2n) is 5.42. The third-order valence-corrected chi connectivity index (χ3v) is 3.86. The van der Waals surface area contributed by atoms with Gasteiger partial charge in [-0.2, -0.15) is 0 Å². The van der Waals surface area contributed by atoms with E-state index < -0.39 is 11.4 Å². The molecule has 0 aliphatic carbocycles. The summed E-state index contributed by atoms with van der Waals surface area (Å²) in [5.41, 5.74) is -0.907. The molecule has 0 radical (unpaired) electrons. The Morgan fingerprint density at radius 2 is 1.95 bits per heavy atom. The van der Waals surface area contributed by atoms with Crippen LogP contribution in [0.3, 0.4) is 0 Å². The van der Waals surface area contributed by atoms with E-state index in [0.29, 0.717) is 13.0 Å². The number of urea groups is 1. The highest BCUT2D eigenvalue weighted by atomic mass is 16.4. The summed E-state index contributed by atoms with van der Waals surface area (Å²) in [5.74, 6) is -0.888. The van der Waals surface area contributed by atoms with Gasteiger partial charge < -0.3 is 21.1 Å². The minimum absolute atomic E-state index is 0.137. The molecule has 7 nitrogen and oxygen atoms in total. The molecule has 1 saturated heterocycles. The Kier molecular flexibility index (Phi) is 6.74. The molecular weight excluding hydrogens is 260 g/mol. The first-order valence-corrected chi connectivity index (χ1v) is 7.16. The topological polar surface area (TPSA) is 93.7 Å². The summed E-state index contributed by atoms with van der Waals surface area (Å²) in [4.78, 5) is 25.0. The average Bonchev–Trinajstić information content (AvgIpc) is 2.45. The van der Waals surface area contributed by atoms with Gasteiger partial charge in [0.25, 0.3) is 0 Å². The predicted molar refractivity (Wildman–Crippen MR) is 76.7 cm³/mol. The van der Waals surface area contributed by atoms with Crippen LogP contribution in [0, 0.1) is 5.41 Å². The number of nitrogens with one attached hydrogen (secondary N) is 3. The molecule has 0 bridgehead atoms. The predicted octanol–water partition coefficient (Wildman–Crippen LogP) is -0.308. The van der Waals surface area contributed by atoms with Gasteiger partial charge in [0, 0.05) is 45.8 Å². The Bertz CT molecular complexity index is 332. The summed E-state index contributed by atoms with van der Waals surface area (Å²) in [6, 6.07) is -0.305. The van der Waals surface area contributed by atoms with E-state index >= 15 is 0 Å². The number of carbonyl (C=O) groups is 2. The zero-order valence-corrected chi connectivity index (χ0v) is 12.4. The van der Waals surface area contributed by atoms with Crippen LogP contribution < -0.4 is 16.0 Å². The molecule has 2 amide bonds. The Morgan fingerprint density at radius 3 is 2.50 bits per heavy atom. The fourth-order valence-electron chi connectivity index (χ4n) is 1.95. The maximum Gasteiger partial charge on any atom is 0.314 e. The molecule has 4 N–H and O–H groups in total. The van der Waals surface area contributed by atoms with Crippen molar-refractivity contribution in [3.63, 3.8) is 0 Å². The van der Waals surface area contributed by atoms with Crippen molar-refractivity contribution in [1.29, 1.82) is 0 Å². The Balaban J connectivity index is 2.18. The number of hydrogen-bond donors (Lipinski definition) is 4. The van der Waals surface area contributed by atoms with Crippen molar-refractivity contribution in [1.82, 2.24) is 20.9 Å². The Morgan fingerprint density at radius 1 is 1.30 bits per heavy atom. The zero-order chi connectivity index (χ0) is 15.0. The van der Waals surface area contributed by atoms with E-state index in [1.54, 1.807) is 13.8 Å². The van der Waals surface area contributed by atoms with E-state index in [1.165, 1.54) is 0 Å². The molecular formula is C13H26N4O3. The van der Waals surface area contributed by atoms with Crippen LogP contribution in [0.5, 0.6) is 0 Å². The molecule has 0 spiro atoms. The monoisotopic (exact) mass is 286 g/mol. The van der Waals surface area contributed by atoms with E-state index in [-0.39, 0.29) is 12.6 Å². The SMILES string of the molecule is CCC(C)(CNC(=O)NCCN1CCNCC1)C(=O)O. The molecule has 0 aromatic heterocycles. The van der Waals surface area contributed by atoms with E-state index in [2.05, 4.69) is 20.9 Å². The van der Waals surface area contributed by atoms with E-state index in [0.717, 1.165) is 32.7 Å². The summed E-state index contributed by atoms with van der Waals surface area (Å²) in [5, 5.41) is 17.8. The lowest BCUT2D eigenvalue weighted by molar-refractivity contribution is -0.147. The summed E-state index contributed by atoms with van der Waals surface area (Å²) in [6.07, 6.45) is 0.476. The van der Waals surface area contributed by atoms with Crippen LogP contribution in [0.2, 0.25) is 0 Å². The molecule has 20 heavy (non-hydrogen) atoms. The van der Waals surface area contributed by atoms with Gasteiger partial charge in [0.15, 0.2) is 0 Å². The fraction of sp³-hybridized carbons (Fsp3) is 0.846. The molecule has 0 saturated carbocycles. The lowest BCUT2D eigenvalue weighted by Crippen LogP contribution is -2.48. The zero-order valence-electron chi connectivity index (χ0n) is 12.4. The second kappa shape index (κ2) is 8.06. The molecule has 1 atom stereocenters. The third-order valence-electron chi connectivity index (χ3n) is 3.86. The van der Waals surface area contributed by atoms with Crippen molar-refractivity contribution in [2.24, 2.45) is 5.41 Å². The molecule has 1 aliphatic rings.